The summed E-state index contributed by atoms with van der Waals surface area (Å²) in [6, 6.07) is 2.50. The first-order valence-electron chi connectivity index (χ1n) is 5.37. The maximum atomic E-state index is 12.1. The number of alkyl carbamates (subject to hydrolysis) is 1. The highest BCUT2D eigenvalue weighted by atomic mass is 19.4. The summed E-state index contributed by atoms with van der Waals surface area (Å²) < 4.78 is 44.7. The highest BCUT2D eigenvalue weighted by molar-refractivity contribution is 5.69. The molecule has 104 valence electrons. The van der Waals surface area contributed by atoms with E-state index >= 15 is 0 Å². The van der Waals surface area contributed by atoms with Crippen LogP contribution in [0.4, 0.5) is 18.0 Å². The number of cyclic esters (lactones) is 1. The van der Waals surface area contributed by atoms with E-state index in [1.807, 2.05) is 0 Å². The van der Waals surface area contributed by atoms with Crippen LogP contribution in [0.2, 0.25) is 0 Å². The molecular weight excluding hydrogens is 267 g/mol. The predicted molar refractivity (Wildman–Crippen MR) is 56.6 cm³/mol. The molecule has 1 atom stereocenters. The lowest BCUT2D eigenvalue weighted by molar-refractivity contribution is -0.274. The Kier molecular flexibility index (Phi) is 3.41. The minimum absolute atomic E-state index is 0.125. The molecule has 0 bridgehead atoms. The fourth-order valence-electron chi connectivity index (χ4n) is 1.77. The zero-order valence-corrected chi connectivity index (χ0v) is 9.53. The van der Waals surface area contributed by atoms with Gasteiger partial charge in [-0.3, -0.25) is 0 Å². The first-order chi connectivity index (χ1) is 8.85. The van der Waals surface area contributed by atoms with Crippen LogP contribution in [0.5, 0.6) is 11.5 Å². The molecule has 0 radical (unpaired) electrons. The lowest BCUT2D eigenvalue weighted by Crippen LogP contribution is -2.35. The van der Waals surface area contributed by atoms with E-state index in [1.165, 1.54) is 0 Å². The Morgan fingerprint density at radius 3 is 2.79 bits per heavy atom. The van der Waals surface area contributed by atoms with Crippen LogP contribution in [0.15, 0.2) is 18.2 Å². The normalized spacial score (nSPS) is 19.5. The Hall–Kier alpha value is -2.12. The summed E-state index contributed by atoms with van der Waals surface area (Å²) in [5, 5.41) is 12.0. The van der Waals surface area contributed by atoms with E-state index in [4.69, 9.17) is 0 Å². The fraction of sp³-hybridized carbons (Fsp3) is 0.364. The molecule has 2 rings (SSSR count). The highest BCUT2D eigenvalue weighted by Crippen LogP contribution is 2.33. The van der Waals surface area contributed by atoms with Crippen LogP contribution in [0.25, 0.3) is 0 Å². The molecule has 5 nitrogen and oxygen atoms in total. The number of ether oxygens (including phenoxy) is 2. The molecule has 1 aromatic rings. The van der Waals surface area contributed by atoms with E-state index in [1.54, 1.807) is 0 Å². The molecule has 1 heterocycles. The first kappa shape index (κ1) is 13.3. The van der Waals surface area contributed by atoms with Crippen molar-refractivity contribution in [2.75, 3.05) is 6.61 Å². The topological polar surface area (TPSA) is 67.8 Å². The average molecular weight is 277 g/mol. The molecular formula is C11H10F3NO4. The SMILES string of the molecule is O=C1N[C@H](c2cc(OC(F)(F)F)ccc2O)CCO1. The summed E-state index contributed by atoms with van der Waals surface area (Å²) in [6.07, 6.45) is -5.15. The van der Waals surface area contributed by atoms with E-state index in [0.29, 0.717) is 6.42 Å². The van der Waals surface area contributed by atoms with Gasteiger partial charge in [0.25, 0.3) is 0 Å². The van der Waals surface area contributed by atoms with Gasteiger partial charge in [-0.25, -0.2) is 4.79 Å². The number of carbonyl (C=O) groups excluding carboxylic acids is 1. The van der Waals surface area contributed by atoms with Crippen LogP contribution in [-0.2, 0) is 4.74 Å². The molecule has 1 aliphatic rings. The van der Waals surface area contributed by atoms with Gasteiger partial charge in [0.05, 0.1) is 12.6 Å². The molecule has 1 aliphatic heterocycles. The van der Waals surface area contributed by atoms with Gasteiger partial charge in [0.2, 0.25) is 0 Å². The smallest absolute Gasteiger partial charge is 0.508 e. The number of hydrogen-bond acceptors (Lipinski definition) is 4. The summed E-state index contributed by atoms with van der Waals surface area (Å²) >= 11 is 0. The Morgan fingerprint density at radius 2 is 2.16 bits per heavy atom. The van der Waals surface area contributed by atoms with Gasteiger partial charge in [-0.1, -0.05) is 0 Å². The van der Waals surface area contributed by atoms with Crippen molar-refractivity contribution < 1.29 is 32.5 Å². The quantitative estimate of drug-likeness (QED) is 0.871. The molecule has 0 saturated carbocycles. The van der Waals surface area contributed by atoms with Crippen LogP contribution in [0.3, 0.4) is 0 Å². The van der Waals surface area contributed by atoms with E-state index < -0.39 is 24.2 Å². The molecule has 1 amide bonds. The largest absolute Gasteiger partial charge is 0.573 e. The monoisotopic (exact) mass is 277 g/mol. The molecule has 1 aromatic carbocycles. The number of phenolic OH excluding ortho intramolecular Hbond substituents is 1. The van der Waals surface area contributed by atoms with Gasteiger partial charge in [0, 0.05) is 12.0 Å². The van der Waals surface area contributed by atoms with Crippen molar-refractivity contribution in [3.05, 3.63) is 23.8 Å². The Labute approximate surface area is 105 Å². The molecule has 0 aliphatic carbocycles. The number of rotatable bonds is 2. The van der Waals surface area contributed by atoms with Crippen molar-refractivity contribution in [3.63, 3.8) is 0 Å². The van der Waals surface area contributed by atoms with Crippen LogP contribution in [0, 0.1) is 0 Å². The van der Waals surface area contributed by atoms with Crippen LogP contribution >= 0.6 is 0 Å². The molecule has 8 heteroatoms. The molecule has 0 aromatic heterocycles. The maximum Gasteiger partial charge on any atom is 0.573 e. The molecule has 1 fully saturated rings. The lowest BCUT2D eigenvalue weighted by atomic mass is 10.0. The van der Waals surface area contributed by atoms with Crippen LogP contribution < -0.4 is 10.1 Å². The zero-order valence-electron chi connectivity index (χ0n) is 9.53. The van der Waals surface area contributed by atoms with Gasteiger partial charge in [-0.05, 0) is 18.2 Å². The summed E-state index contributed by atoms with van der Waals surface area (Å²) in [7, 11) is 0. The Morgan fingerprint density at radius 1 is 1.42 bits per heavy atom. The minimum atomic E-state index is -4.81. The van der Waals surface area contributed by atoms with E-state index in [0.717, 1.165) is 18.2 Å². The lowest BCUT2D eigenvalue weighted by Gasteiger charge is -2.24. The number of nitrogens with one attached hydrogen (secondary N) is 1. The van der Waals surface area contributed by atoms with E-state index in [9.17, 15) is 23.1 Å². The maximum absolute atomic E-state index is 12.1. The molecule has 1 saturated heterocycles. The van der Waals surface area contributed by atoms with Crippen molar-refractivity contribution in [3.8, 4) is 11.5 Å². The number of carbonyl (C=O) groups is 1. The van der Waals surface area contributed by atoms with Gasteiger partial charge in [0.15, 0.2) is 0 Å². The molecule has 0 spiro atoms. The number of amides is 1. The first-order valence-corrected chi connectivity index (χ1v) is 5.37. The molecule has 0 unspecified atom stereocenters. The molecule has 2 N–H and O–H groups in total. The van der Waals surface area contributed by atoms with Gasteiger partial charge in [-0.15, -0.1) is 13.2 Å². The fourth-order valence-corrected chi connectivity index (χ4v) is 1.77. The molecule has 19 heavy (non-hydrogen) atoms. The van der Waals surface area contributed by atoms with Crippen molar-refractivity contribution in [1.82, 2.24) is 5.32 Å². The summed E-state index contributed by atoms with van der Waals surface area (Å²) in [6.45, 7) is 0.125. The second-order valence-electron chi connectivity index (χ2n) is 3.89. The second-order valence-corrected chi connectivity index (χ2v) is 3.89. The summed E-state index contributed by atoms with van der Waals surface area (Å²) in [5.74, 6) is -0.678. The number of benzene rings is 1. The average Bonchev–Trinajstić information content (AvgIpc) is 2.30. The standard InChI is InChI=1S/C11H10F3NO4/c12-11(13,14)19-6-1-2-9(16)7(5-6)8-3-4-18-10(17)15-8/h1-2,5,8,16H,3-4H2,(H,15,17)/t8-/m0/s1. The highest BCUT2D eigenvalue weighted by Gasteiger charge is 2.32. The van der Waals surface area contributed by atoms with E-state index in [-0.39, 0.29) is 17.9 Å². The number of phenols is 1. The number of alkyl halides is 3. The Balaban J connectivity index is 2.24. The van der Waals surface area contributed by atoms with Crippen LogP contribution in [0.1, 0.15) is 18.0 Å². The van der Waals surface area contributed by atoms with Crippen molar-refractivity contribution in [1.29, 1.82) is 0 Å². The van der Waals surface area contributed by atoms with Gasteiger partial charge in [0.1, 0.15) is 11.5 Å². The number of aromatic hydroxyl groups is 1. The minimum Gasteiger partial charge on any atom is -0.508 e. The third-order valence-electron chi connectivity index (χ3n) is 2.54. The van der Waals surface area contributed by atoms with E-state index in [2.05, 4.69) is 14.8 Å². The summed E-state index contributed by atoms with van der Waals surface area (Å²) in [5.41, 5.74) is 0.151. The van der Waals surface area contributed by atoms with Gasteiger partial charge < -0.3 is 19.9 Å². The van der Waals surface area contributed by atoms with Crippen molar-refractivity contribution in [2.45, 2.75) is 18.8 Å². The van der Waals surface area contributed by atoms with Gasteiger partial charge >= 0.3 is 12.5 Å². The van der Waals surface area contributed by atoms with Crippen molar-refractivity contribution >= 4 is 6.09 Å². The number of halogens is 3. The predicted octanol–water partition coefficient (Wildman–Crippen LogP) is 2.46. The second kappa shape index (κ2) is 4.87. The third-order valence-corrected chi connectivity index (χ3v) is 2.54. The Bertz CT molecular complexity index is 489. The number of hydrogen-bond donors (Lipinski definition) is 2. The third kappa shape index (κ3) is 3.43. The van der Waals surface area contributed by atoms with Crippen molar-refractivity contribution in [2.24, 2.45) is 0 Å². The zero-order chi connectivity index (χ0) is 14.0. The van der Waals surface area contributed by atoms with Gasteiger partial charge in [-0.2, -0.15) is 0 Å². The van der Waals surface area contributed by atoms with Crippen LogP contribution in [-0.4, -0.2) is 24.2 Å². The summed E-state index contributed by atoms with van der Waals surface area (Å²) in [4.78, 5) is 11.0.